The van der Waals surface area contributed by atoms with Gasteiger partial charge >= 0.3 is 0 Å². The smallest absolute Gasteiger partial charge is 0.0195 e. The minimum absolute atomic E-state index is 0.695. The Bertz CT molecular complexity index is 286. The van der Waals surface area contributed by atoms with Gasteiger partial charge in [0.15, 0.2) is 0 Å². The second kappa shape index (κ2) is 6.11. The lowest BCUT2D eigenvalue weighted by Gasteiger charge is -2.43. The summed E-state index contributed by atoms with van der Waals surface area (Å²) in [6.07, 6.45) is 7.01. The van der Waals surface area contributed by atoms with Crippen LogP contribution >= 0.6 is 0 Å². The molecule has 3 heterocycles. The Labute approximate surface area is 118 Å². The maximum Gasteiger partial charge on any atom is 0.0195 e. The predicted molar refractivity (Wildman–Crippen MR) is 80.4 cm³/mol. The third-order valence-corrected chi connectivity index (χ3v) is 5.53. The van der Waals surface area contributed by atoms with Gasteiger partial charge in [-0.2, -0.15) is 0 Å². The molecule has 0 aromatic carbocycles. The SMILES string of the molecule is CC(C)N(CC1CCCCN1)C1CCN2CCC1C2. The molecule has 0 amide bonds. The Morgan fingerprint density at radius 1 is 1.16 bits per heavy atom. The van der Waals surface area contributed by atoms with Crippen molar-refractivity contribution >= 4 is 0 Å². The minimum Gasteiger partial charge on any atom is -0.313 e. The van der Waals surface area contributed by atoms with E-state index in [1.54, 1.807) is 0 Å². The van der Waals surface area contributed by atoms with Gasteiger partial charge in [0.05, 0.1) is 0 Å². The van der Waals surface area contributed by atoms with E-state index in [9.17, 15) is 0 Å². The summed E-state index contributed by atoms with van der Waals surface area (Å²) in [5.41, 5.74) is 0. The zero-order valence-corrected chi connectivity index (χ0v) is 12.8. The van der Waals surface area contributed by atoms with Gasteiger partial charge < -0.3 is 10.2 Å². The van der Waals surface area contributed by atoms with E-state index in [0.717, 1.165) is 18.0 Å². The molecule has 3 rings (SSSR count). The minimum atomic E-state index is 0.695. The van der Waals surface area contributed by atoms with Crippen molar-refractivity contribution in [1.29, 1.82) is 0 Å². The fraction of sp³-hybridized carbons (Fsp3) is 1.00. The molecule has 0 saturated carbocycles. The normalized spacial score (nSPS) is 39.2. The van der Waals surface area contributed by atoms with Gasteiger partial charge in [0.1, 0.15) is 0 Å². The van der Waals surface area contributed by atoms with Crippen molar-refractivity contribution < 1.29 is 0 Å². The van der Waals surface area contributed by atoms with E-state index in [2.05, 4.69) is 29.0 Å². The second-order valence-corrected chi connectivity index (χ2v) is 7.14. The average Bonchev–Trinajstić information content (AvgIpc) is 2.80. The summed E-state index contributed by atoms with van der Waals surface area (Å²) in [6, 6.07) is 2.29. The van der Waals surface area contributed by atoms with Gasteiger partial charge in [-0.1, -0.05) is 6.42 Å². The maximum atomic E-state index is 3.73. The highest BCUT2D eigenvalue weighted by Crippen LogP contribution is 2.32. The summed E-state index contributed by atoms with van der Waals surface area (Å²) in [4.78, 5) is 5.49. The lowest BCUT2D eigenvalue weighted by molar-refractivity contribution is 0.0618. The molecule has 4 unspecified atom stereocenters. The van der Waals surface area contributed by atoms with Crippen LogP contribution in [0.4, 0.5) is 0 Å². The molecule has 0 aromatic heterocycles. The third kappa shape index (κ3) is 3.14. The molecule has 3 aliphatic rings. The molecular formula is C16H31N3. The Kier molecular flexibility index (Phi) is 4.45. The molecule has 3 saturated heterocycles. The van der Waals surface area contributed by atoms with E-state index in [-0.39, 0.29) is 0 Å². The molecule has 1 N–H and O–H groups in total. The van der Waals surface area contributed by atoms with Gasteiger partial charge in [-0.05, 0) is 65.1 Å². The standard InChI is InChI=1S/C16H31N3/c1-13(2)19(12-15-5-3-4-8-17-15)16-7-10-18-9-6-14(16)11-18/h13-17H,3-12H2,1-2H3. The molecule has 19 heavy (non-hydrogen) atoms. The molecular weight excluding hydrogens is 234 g/mol. The van der Waals surface area contributed by atoms with Crippen molar-refractivity contribution in [1.82, 2.24) is 15.1 Å². The first-order valence-electron chi connectivity index (χ1n) is 8.45. The van der Waals surface area contributed by atoms with Crippen LogP contribution in [0.1, 0.15) is 46.0 Å². The highest BCUT2D eigenvalue weighted by atomic mass is 15.3. The van der Waals surface area contributed by atoms with Crippen molar-refractivity contribution in [3.63, 3.8) is 0 Å². The predicted octanol–water partition coefficient (Wildman–Crippen LogP) is 1.93. The molecule has 110 valence electrons. The second-order valence-electron chi connectivity index (χ2n) is 7.14. The Morgan fingerprint density at radius 2 is 2.00 bits per heavy atom. The summed E-state index contributed by atoms with van der Waals surface area (Å²) in [5.74, 6) is 0.944. The van der Waals surface area contributed by atoms with Crippen molar-refractivity contribution in [3.8, 4) is 0 Å². The van der Waals surface area contributed by atoms with Crippen molar-refractivity contribution in [3.05, 3.63) is 0 Å². The quantitative estimate of drug-likeness (QED) is 0.838. The van der Waals surface area contributed by atoms with Crippen LogP contribution in [0.25, 0.3) is 0 Å². The number of hydrogen-bond donors (Lipinski definition) is 1. The van der Waals surface area contributed by atoms with Crippen LogP contribution in [0.15, 0.2) is 0 Å². The van der Waals surface area contributed by atoms with E-state index in [1.165, 1.54) is 64.8 Å². The summed E-state index contributed by atoms with van der Waals surface area (Å²) in [6.45, 7) is 11.4. The van der Waals surface area contributed by atoms with Gasteiger partial charge in [0.25, 0.3) is 0 Å². The number of piperidine rings is 2. The van der Waals surface area contributed by atoms with Gasteiger partial charge in [0.2, 0.25) is 0 Å². The van der Waals surface area contributed by atoms with Crippen LogP contribution in [0.5, 0.6) is 0 Å². The molecule has 2 bridgehead atoms. The zero-order chi connectivity index (χ0) is 13.2. The Balaban J connectivity index is 1.62. The van der Waals surface area contributed by atoms with E-state index in [1.807, 2.05) is 0 Å². The van der Waals surface area contributed by atoms with Crippen molar-refractivity contribution in [2.75, 3.05) is 32.7 Å². The molecule has 3 heteroatoms. The van der Waals surface area contributed by atoms with Crippen LogP contribution in [-0.4, -0.2) is 60.6 Å². The number of rotatable bonds is 4. The highest BCUT2D eigenvalue weighted by molar-refractivity contribution is 4.94. The lowest BCUT2D eigenvalue weighted by Crippen LogP contribution is -2.54. The summed E-state index contributed by atoms with van der Waals surface area (Å²) < 4.78 is 0. The topological polar surface area (TPSA) is 18.5 Å². The molecule has 0 aromatic rings. The van der Waals surface area contributed by atoms with Gasteiger partial charge in [0, 0.05) is 31.2 Å². The molecule has 4 atom stereocenters. The van der Waals surface area contributed by atoms with E-state index in [4.69, 9.17) is 0 Å². The highest BCUT2D eigenvalue weighted by Gasteiger charge is 2.38. The number of nitrogens with zero attached hydrogens (tertiary/aromatic N) is 2. The lowest BCUT2D eigenvalue weighted by atomic mass is 9.90. The number of nitrogens with one attached hydrogen (secondary N) is 1. The third-order valence-electron chi connectivity index (χ3n) is 5.53. The largest absolute Gasteiger partial charge is 0.313 e. The first-order valence-corrected chi connectivity index (χ1v) is 8.45. The first-order chi connectivity index (χ1) is 9.24. The first kappa shape index (κ1) is 13.8. The monoisotopic (exact) mass is 265 g/mol. The van der Waals surface area contributed by atoms with E-state index < -0.39 is 0 Å². The summed E-state index contributed by atoms with van der Waals surface area (Å²) in [7, 11) is 0. The van der Waals surface area contributed by atoms with Crippen LogP contribution in [0.3, 0.4) is 0 Å². The van der Waals surface area contributed by atoms with Crippen molar-refractivity contribution in [2.45, 2.75) is 64.1 Å². The average molecular weight is 265 g/mol. The maximum absolute atomic E-state index is 3.73. The van der Waals surface area contributed by atoms with Gasteiger partial charge in [-0.15, -0.1) is 0 Å². The molecule has 0 aliphatic carbocycles. The van der Waals surface area contributed by atoms with Crippen LogP contribution in [-0.2, 0) is 0 Å². The number of fused-ring (bicyclic) bond motifs is 2. The summed E-state index contributed by atoms with van der Waals surface area (Å²) in [5, 5.41) is 3.73. The van der Waals surface area contributed by atoms with Crippen LogP contribution < -0.4 is 5.32 Å². The summed E-state index contributed by atoms with van der Waals surface area (Å²) >= 11 is 0. The van der Waals surface area contributed by atoms with Gasteiger partial charge in [-0.3, -0.25) is 4.90 Å². The zero-order valence-electron chi connectivity index (χ0n) is 12.8. The fourth-order valence-corrected chi connectivity index (χ4v) is 4.43. The van der Waals surface area contributed by atoms with Gasteiger partial charge in [-0.25, -0.2) is 0 Å². The fourth-order valence-electron chi connectivity index (χ4n) is 4.43. The van der Waals surface area contributed by atoms with Crippen molar-refractivity contribution in [2.24, 2.45) is 5.92 Å². The molecule has 3 aliphatic heterocycles. The Morgan fingerprint density at radius 3 is 2.74 bits per heavy atom. The molecule has 0 radical (unpaired) electrons. The molecule has 3 nitrogen and oxygen atoms in total. The molecule has 0 spiro atoms. The Hall–Kier alpha value is -0.120. The van der Waals surface area contributed by atoms with Crippen LogP contribution in [0.2, 0.25) is 0 Å². The van der Waals surface area contributed by atoms with Crippen LogP contribution in [0, 0.1) is 5.92 Å². The number of hydrogen-bond acceptors (Lipinski definition) is 3. The van der Waals surface area contributed by atoms with E-state index in [0.29, 0.717) is 6.04 Å². The van der Waals surface area contributed by atoms with E-state index >= 15 is 0 Å². The molecule has 3 fully saturated rings.